The van der Waals surface area contributed by atoms with E-state index in [1.165, 1.54) is 5.56 Å². The van der Waals surface area contributed by atoms with Crippen molar-refractivity contribution in [1.82, 2.24) is 0 Å². The van der Waals surface area contributed by atoms with Crippen molar-refractivity contribution < 1.29 is 0 Å². The highest BCUT2D eigenvalue weighted by Gasteiger charge is 2.03. The smallest absolute Gasteiger partial charge is 0.0936 e. The summed E-state index contributed by atoms with van der Waals surface area (Å²) in [6.07, 6.45) is 0. The molecule has 0 aliphatic rings. The second-order valence-electron chi connectivity index (χ2n) is 5.72. The molecule has 0 radical (unpaired) electrons. The molecule has 4 aromatic carbocycles. The van der Waals surface area contributed by atoms with E-state index in [1.54, 1.807) is 0 Å². The molecule has 0 aromatic heterocycles. The van der Waals surface area contributed by atoms with E-state index in [-0.39, 0.29) is 0 Å². The predicted molar refractivity (Wildman–Crippen MR) is 105 cm³/mol. The number of azo groups is 1. The van der Waals surface area contributed by atoms with Crippen LogP contribution in [0, 0.1) is 0 Å². The van der Waals surface area contributed by atoms with Gasteiger partial charge in [0.15, 0.2) is 0 Å². The Hall–Kier alpha value is -2.97. The third-order valence-corrected chi connectivity index (χ3v) is 4.43. The van der Waals surface area contributed by atoms with E-state index in [0.717, 1.165) is 32.7 Å². The lowest BCUT2D eigenvalue weighted by atomic mass is 10.1. The van der Waals surface area contributed by atoms with Crippen molar-refractivity contribution in [2.24, 2.45) is 10.2 Å². The fourth-order valence-electron chi connectivity index (χ4n) is 2.80. The molecule has 0 bridgehead atoms. The lowest BCUT2D eigenvalue weighted by Crippen LogP contribution is -1.76. The molecule has 0 spiro atoms. The van der Waals surface area contributed by atoms with Gasteiger partial charge in [-0.05, 0) is 35.4 Å². The van der Waals surface area contributed by atoms with Gasteiger partial charge in [-0.15, -0.1) is 5.11 Å². The molecule has 3 heteroatoms. The van der Waals surface area contributed by atoms with Gasteiger partial charge in [0.25, 0.3) is 0 Å². The average Bonchev–Trinajstić information content (AvgIpc) is 2.69. The molecule has 25 heavy (non-hydrogen) atoms. The Morgan fingerprint density at radius 1 is 0.520 bits per heavy atom. The lowest BCUT2D eigenvalue weighted by molar-refractivity contribution is 1.24. The minimum atomic E-state index is 0.724. The minimum absolute atomic E-state index is 0.724. The van der Waals surface area contributed by atoms with Crippen LogP contribution in [-0.2, 0) is 0 Å². The van der Waals surface area contributed by atoms with Gasteiger partial charge in [0.1, 0.15) is 0 Å². The van der Waals surface area contributed by atoms with Crippen molar-refractivity contribution in [1.29, 1.82) is 0 Å². The Morgan fingerprint density at radius 2 is 1.16 bits per heavy atom. The fraction of sp³-hybridized carbons (Fsp3) is 0. The molecule has 120 valence electrons. The molecule has 0 N–H and O–H groups in total. The van der Waals surface area contributed by atoms with Gasteiger partial charge in [-0.3, -0.25) is 0 Å². The van der Waals surface area contributed by atoms with Crippen LogP contribution in [0.5, 0.6) is 0 Å². The van der Waals surface area contributed by atoms with Gasteiger partial charge in [-0.25, -0.2) is 0 Å². The molecule has 0 saturated heterocycles. The molecule has 4 aromatic rings. The van der Waals surface area contributed by atoms with Crippen LogP contribution in [-0.4, -0.2) is 0 Å². The Labute approximate surface area is 151 Å². The number of hydrogen-bond acceptors (Lipinski definition) is 2. The number of benzene rings is 4. The Balaban J connectivity index is 1.64. The van der Waals surface area contributed by atoms with E-state index in [0.29, 0.717) is 0 Å². The number of fused-ring (bicyclic) bond motifs is 1. The molecule has 0 amide bonds. The van der Waals surface area contributed by atoms with E-state index in [9.17, 15) is 0 Å². The van der Waals surface area contributed by atoms with Crippen LogP contribution < -0.4 is 0 Å². The molecule has 0 saturated carbocycles. The van der Waals surface area contributed by atoms with Crippen LogP contribution in [0.1, 0.15) is 0 Å². The van der Waals surface area contributed by atoms with Gasteiger partial charge in [-0.1, -0.05) is 78.3 Å². The second-order valence-corrected chi connectivity index (χ2v) is 6.13. The standard InChI is InChI=1S/C22H15ClN2/c23-21-14-15-22(20-9-5-4-8-19(20)21)25-24-18-12-10-17(11-13-18)16-6-2-1-3-7-16/h1-15H. The zero-order chi connectivity index (χ0) is 17.1. The van der Waals surface area contributed by atoms with Gasteiger partial charge in [0.05, 0.1) is 11.4 Å². The Bertz CT molecular complexity index is 1040. The van der Waals surface area contributed by atoms with E-state index < -0.39 is 0 Å². The van der Waals surface area contributed by atoms with Crippen LogP contribution in [0.3, 0.4) is 0 Å². The van der Waals surface area contributed by atoms with E-state index in [1.807, 2.05) is 66.7 Å². The molecule has 0 fully saturated rings. The van der Waals surface area contributed by atoms with Gasteiger partial charge in [0.2, 0.25) is 0 Å². The minimum Gasteiger partial charge on any atom is -0.151 e. The van der Waals surface area contributed by atoms with Crippen LogP contribution in [0.2, 0.25) is 5.02 Å². The molecule has 4 rings (SSSR count). The van der Waals surface area contributed by atoms with Crippen LogP contribution >= 0.6 is 11.6 Å². The first-order valence-corrected chi connectivity index (χ1v) is 8.43. The predicted octanol–water partition coefficient (Wildman–Crippen LogP) is 7.58. The van der Waals surface area contributed by atoms with Gasteiger partial charge >= 0.3 is 0 Å². The van der Waals surface area contributed by atoms with Crippen molar-refractivity contribution in [3.8, 4) is 11.1 Å². The summed E-state index contributed by atoms with van der Waals surface area (Å²) in [6.45, 7) is 0. The first-order chi connectivity index (χ1) is 12.3. The topological polar surface area (TPSA) is 24.7 Å². The molecular weight excluding hydrogens is 328 g/mol. The molecule has 0 aliphatic heterocycles. The van der Waals surface area contributed by atoms with E-state index >= 15 is 0 Å². The summed E-state index contributed by atoms with van der Waals surface area (Å²) in [5, 5.41) is 11.5. The average molecular weight is 343 g/mol. The largest absolute Gasteiger partial charge is 0.151 e. The molecule has 0 aliphatic carbocycles. The first-order valence-electron chi connectivity index (χ1n) is 8.06. The van der Waals surface area contributed by atoms with Gasteiger partial charge in [0, 0.05) is 15.8 Å². The highest BCUT2D eigenvalue weighted by molar-refractivity contribution is 6.36. The summed E-state index contributed by atoms with van der Waals surface area (Å²) in [6, 6.07) is 30.0. The van der Waals surface area contributed by atoms with Crippen LogP contribution in [0.25, 0.3) is 21.9 Å². The van der Waals surface area contributed by atoms with Gasteiger partial charge < -0.3 is 0 Å². The molecule has 0 atom stereocenters. The van der Waals surface area contributed by atoms with Crippen molar-refractivity contribution in [3.05, 3.63) is 96.0 Å². The summed E-state index contributed by atoms with van der Waals surface area (Å²) in [5.74, 6) is 0. The molecule has 0 heterocycles. The molecule has 2 nitrogen and oxygen atoms in total. The summed E-state index contributed by atoms with van der Waals surface area (Å²) in [4.78, 5) is 0. The van der Waals surface area contributed by atoms with Crippen molar-refractivity contribution in [3.63, 3.8) is 0 Å². The maximum atomic E-state index is 6.25. The fourth-order valence-corrected chi connectivity index (χ4v) is 3.02. The highest BCUT2D eigenvalue weighted by atomic mass is 35.5. The Kier molecular flexibility index (Phi) is 4.28. The summed E-state index contributed by atoms with van der Waals surface area (Å²) < 4.78 is 0. The van der Waals surface area contributed by atoms with Crippen molar-refractivity contribution in [2.75, 3.05) is 0 Å². The third-order valence-electron chi connectivity index (χ3n) is 4.10. The van der Waals surface area contributed by atoms with Crippen molar-refractivity contribution >= 4 is 33.7 Å². The SMILES string of the molecule is Clc1ccc(N=Nc2ccc(-c3ccccc3)cc2)c2ccccc12. The summed E-state index contributed by atoms with van der Waals surface area (Å²) >= 11 is 6.25. The third kappa shape index (κ3) is 3.30. The number of rotatable bonds is 3. The quantitative estimate of drug-likeness (QED) is 0.343. The maximum absolute atomic E-state index is 6.25. The zero-order valence-corrected chi connectivity index (χ0v) is 14.2. The first kappa shape index (κ1) is 15.6. The lowest BCUT2D eigenvalue weighted by Gasteiger charge is -2.03. The van der Waals surface area contributed by atoms with E-state index in [4.69, 9.17) is 11.6 Å². The molecular formula is C22H15ClN2. The van der Waals surface area contributed by atoms with Gasteiger partial charge in [-0.2, -0.15) is 5.11 Å². The summed E-state index contributed by atoms with van der Waals surface area (Å²) in [7, 11) is 0. The zero-order valence-electron chi connectivity index (χ0n) is 13.4. The summed E-state index contributed by atoms with van der Waals surface area (Å²) in [5.41, 5.74) is 3.98. The second kappa shape index (κ2) is 6.88. The normalized spacial score (nSPS) is 11.2. The molecule has 0 unspecified atom stereocenters. The van der Waals surface area contributed by atoms with Crippen LogP contribution in [0.15, 0.2) is 101 Å². The van der Waals surface area contributed by atoms with E-state index in [2.05, 4.69) is 34.5 Å². The number of hydrogen-bond donors (Lipinski definition) is 0. The highest BCUT2D eigenvalue weighted by Crippen LogP contribution is 2.32. The van der Waals surface area contributed by atoms with Crippen LogP contribution in [0.4, 0.5) is 11.4 Å². The number of nitrogens with zero attached hydrogens (tertiary/aromatic N) is 2. The van der Waals surface area contributed by atoms with Crippen molar-refractivity contribution in [2.45, 2.75) is 0 Å². The number of halogens is 1. The maximum Gasteiger partial charge on any atom is 0.0936 e. The Morgan fingerprint density at radius 3 is 1.92 bits per heavy atom. The monoisotopic (exact) mass is 342 g/mol.